The normalized spacial score (nSPS) is 13.9. The SMILES string of the molecule is COc1ccc(C2=NN(C(=O)CSc3nnc(CNC(=O)c4ccccc4OC)n3Cc3ccccc3)C(c3ccc(OC)cc3)C2)cc1. The average Bonchev–Trinajstić information content (AvgIpc) is 3.78. The van der Waals surface area contributed by atoms with Crippen LogP contribution in [0, 0.1) is 0 Å². The van der Waals surface area contributed by atoms with E-state index in [4.69, 9.17) is 19.3 Å². The number of ether oxygens (including phenoxy) is 3. The van der Waals surface area contributed by atoms with Crippen molar-refractivity contribution in [2.45, 2.75) is 30.7 Å². The maximum Gasteiger partial charge on any atom is 0.255 e. The van der Waals surface area contributed by atoms with Crippen molar-refractivity contribution in [3.05, 3.63) is 131 Å². The first-order chi connectivity index (χ1) is 24.0. The Hall–Kier alpha value is -5.62. The van der Waals surface area contributed by atoms with Gasteiger partial charge in [-0.25, -0.2) is 5.01 Å². The summed E-state index contributed by atoms with van der Waals surface area (Å²) in [5.74, 6) is 2.13. The molecule has 0 fully saturated rings. The summed E-state index contributed by atoms with van der Waals surface area (Å²) in [6, 6.07) is 32.0. The van der Waals surface area contributed by atoms with Gasteiger partial charge in [-0.3, -0.25) is 9.59 Å². The van der Waals surface area contributed by atoms with Gasteiger partial charge in [0.25, 0.3) is 11.8 Å². The van der Waals surface area contributed by atoms with Crippen LogP contribution in [-0.4, -0.2) is 64.4 Å². The van der Waals surface area contributed by atoms with Crippen molar-refractivity contribution in [1.82, 2.24) is 25.1 Å². The molecule has 0 radical (unpaired) electrons. The van der Waals surface area contributed by atoms with Gasteiger partial charge >= 0.3 is 0 Å². The molecule has 6 rings (SSSR count). The van der Waals surface area contributed by atoms with Crippen LogP contribution in [0.3, 0.4) is 0 Å². The smallest absolute Gasteiger partial charge is 0.255 e. The Morgan fingerprint density at radius 3 is 2.18 bits per heavy atom. The van der Waals surface area contributed by atoms with Gasteiger partial charge in [0.15, 0.2) is 11.0 Å². The van der Waals surface area contributed by atoms with Gasteiger partial charge in [-0.05, 0) is 65.2 Å². The minimum absolute atomic E-state index is 0.0759. The second-order valence-electron chi connectivity index (χ2n) is 11.1. The van der Waals surface area contributed by atoms with Gasteiger partial charge in [-0.15, -0.1) is 10.2 Å². The summed E-state index contributed by atoms with van der Waals surface area (Å²) >= 11 is 1.28. The third-order valence-electron chi connectivity index (χ3n) is 8.15. The molecule has 0 saturated heterocycles. The van der Waals surface area contributed by atoms with Gasteiger partial charge in [0.1, 0.15) is 17.2 Å². The summed E-state index contributed by atoms with van der Waals surface area (Å²) < 4.78 is 18.0. The molecule has 0 spiro atoms. The minimum Gasteiger partial charge on any atom is -0.497 e. The molecule has 250 valence electrons. The molecule has 5 aromatic rings. The highest BCUT2D eigenvalue weighted by Gasteiger charge is 2.33. The first-order valence-electron chi connectivity index (χ1n) is 15.6. The van der Waals surface area contributed by atoms with E-state index in [1.807, 2.05) is 89.5 Å². The molecule has 4 aromatic carbocycles. The summed E-state index contributed by atoms with van der Waals surface area (Å²) in [5.41, 5.74) is 4.13. The molecule has 0 aliphatic carbocycles. The molecular formula is C37H36N6O5S. The van der Waals surface area contributed by atoms with E-state index in [-0.39, 0.29) is 30.2 Å². The lowest BCUT2D eigenvalue weighted by Gasteiger charge is -2.22. The van der Waals surface area contributed by atoms with Gasteiger partial charge < -0.3 is 24.1 Å². The highest BCUT2D eigenvalue weighted by Crippen LogP contribution is 2.35. The number of thioether (sulfide) groups is 1. The number of rotatable bonds is 13. The summed E-state index contributed by atoms with van der Waals surface area (Å²) in [7, 11) is 4.78. The molecule has 1 atom stereocenters. The van der Waals surface area contributed by atoms with E-state index >= 15 is 0 Å². The monoisotopic (exact) mass is 676 g/mol. The molecule has 2 amide bonds. The lowest BCUT2D eigenvalue weighted by Crippen LogP contribution is -2.28. The zero-order valence-corrected chi connectivity index (χ0v) is 28.2. The third kappa shape index (κ3) is 7.76. The topological polar surface area (TPSA) is 120 Å². The zero-order chi connectivity index (χ0) is 34.2. The van der Waals surface area contributed by atoms with Crippen LogP contribution in [0.2, 0.25) is 0 Å². The van der Waals surface area contributed by atoms with E-state index in [2.05, 4.69) is 15.5 Å². The van der Waals surface area contributed by atoms with Crippen LogP contribution in [0.1, 0.15) is 45.3 Å². The number of carbonyl (C=O) groups excluding carboxylic acids is 2. The number of nitrogens with zero attached hydrogens (tertiary/aromatic N) is 5. The number of aromatic nitrogens is 3. The number of nitrogens with one attached hydrogen (secondary N) is 1. The molecule has 11 nitrogen and oxygen atoms in total. The molecule has 0 saturated carbocycles. The molecule has 2 heterocycles. The van der Waals surface area contributed by atoms with Crippen molar-refractivity contribution >= 4 is 29.3 Å². The Bertz CT molecular complexity index is 1930. The van der Waals surface area contributed by atoms with Crippen LogP contribution in [-0.2, 0) is 17.9 Å². The number of methoxy groups -OCH3 is 3. The van der Waals surface area contributed by atoms with Crippen LogP contribution in [0.15, 0.2) is 113 Å². The fourth-order valence-electron chi connectivity index (χ4n) is 5.54. The fourth-order valence-corrected chi connectivity index (χ4v) is 6.35. The number of hydrazone groups is 1. The van der Waals surface area contributed by atoms with Crippen LogP contribution >= 0.6 is 11.8 Å². The maximum absolute atomic E-state index is 13.9. The lowest BCUT2D eigenvalue weighted by molar-refractivity contribution is -0.130. The molecule has 0 bridgehead atoms. The number of benzene rings is 4. The largest absolute Gasteiger partial charge is 0.497 e. The van der Waals surface area contributed by atoms with Gasteiger partial charge in [0.05, 0.1) is 57.5 Å². The number of carbonyl (C=O) groups is 2. The van der Waals surface area contributed by atoms with Gasteiger partial charge in [0.2, 0.25) is 0 Å². The minimum atomic E-state index is -0.293. The first-order valence-corrected chi connectivity index (χ1v) is 16.6. The molecule has 1 aromatic heterocycles. The van der Waals surface area contributed by atoms with Crippen molar-refractivity contribution in [1.29, 1.82) is 0 Å². The first kappa shape index (κ1) is 33.3. The van der Waals surface area contributed by atoms with Gasteiger partial charge in [-0.1, -0.05) is 66.4 Å². The molecule has 49 heavy (non-hydrogen) atoms. The summed E-state index contributed by atoms with van der Waals surface area (Å²) in [6.07, 6.45) is 0.551. The molecular weight excluding hydrogens is 641 g/mol. The quantitative estimate of drug-likeness (QED) is 0.157. The van der Waals surface area contributed by atoms with E-state index in [9.17, 15) is 9.59 Å². The lowest BCUT2D eigenvalue weighted by atomic mass is 9.98. The maximum atomic E-state index is 13.9. The Labute approximate surface area is 288 Å². The third-order valence-corrected chi connectivity index (χ3v) is 9.10. The highest BCUT2D eigenvalue weighted by molar-refractivity contribution is 7.99. The van der Waals surface area contributed by atoms with E-state index in [1.165, 1.54) is 18.9 Å². The second-order valence-corrected chi connectivity index (χ2v) is 12.1. The fraction of sp³-hybridized carbons (Fsp3) is 0.216. The van der Waals surface area contributed by atoms with Gasteiger partial charge in [0, 0.05) is 6.42 Å². The molecule has 1 aliphatic rings. The molecule has 1 unspecified atom stereocenters. The van der Waals surface area contributed by atoms with Crippen LogP contribution in [0.25, 0.3) is 0 Å². The Morgan fingerprint density at radius 2 is 1.49 bits per heavy atom. The summed E-state index contributed by atoms with van der Waals surface area (Å²) in [6.45, 7) is 0.592. The number of hydrogen-bond donors (Lipinski definition) is 1. The van der Waals surface area contributed by atoms with Crippen molar-refractivity contribution < 1.29 is 23.8 Å². The van der Waals surface area contributed by atoms with Crippen molar-refractivity contribution in [3.63, 3.8) is 0 Å². The Balaban J connectivity index is 1.23. The van der Waals surface area contributed by atoms with Gasteiger partial charge in [-0.2, -0.15) is 5.10 Å². The van der Waals surface area contributed by atoms with E-state index in [1.54, 1.807) is 37.4 Å². The van der Waals surface area contributed by atoms with Crippen LogP contribution in [0.5, 0.6) is 17.2 Å². The number of hydrogen-bond acceptors (Lipinski definition) is 9. The van der Waals surface area contributed by atoms with Crippen molar-refractivity contribution in [3.8, 4) is 17.2 Å². The van der Waals surface area contributed by atoms with Crippen LogP contribution < -0.4 is 19.5 Å². The molecule has 1 N–H and O–H groups in total. The summed E-state index contributed by atoms with van der Waals surface area (Å²) in [4.78, 5) is 27.0. The van der Waals surface area contributed by atoms with E-state index in [0.29, 0.717) is 35.3 Å². The molecule has 1 aliphatic heterocycles. The second kappa shape index (κ2) is 15.5. The Morgan fingerprint density at radius 1 is 0.816 bits per heavy atom. The zero-order valence-electron chi connectivity index (χ0n) is 27.4. The van der Waals surface area contributed by atoms with E-state index < -0.39 is 0 Å². The van der Waals surface area contributed by atoms with Crippen molar-refractivity contribution in [2.75, 3.05) is 27.1 Å². The number of para-hydroxylation sites is 1. The highest BCUT2D eigenvalue weighted by atomic mass is 32.2. The number of amides is 2. The predicted octanol–water partition coefficient (Wildman–Crippen LogP) is 5.75. The Kier molecular flexibility index (Phi) is 10.5. The average molecular weight is 677 g/mol. The van der Waals surface area contributed by atoms with E-state index in [0.717, 1.165) is 33.9 Å². The van der Waals surface area contributed by atoms with Crippen LogP contribution in [0.4, 0.5) is 0 Å². The summed E-state index contributed by atoms with van der Waals surface area (Å²) in [5, 5.41) is 18.7. The predicted molar refractivity (Wildman–Crippen MR) is 187 cm³/mol. The standard InChI is InChI=1S/C37H36N6O5S/c1-46-28-17-13-26(14-18-28)31-21-32(27-15-19-29(47-2)20-16-27)43(41-31)35(44)24-49-37-40-39-34(42(37)23-25-9-5-4-6-10-25)22-38-36(45)30-11-7-8-12-33(30)48-3/h4-20,32H,21-24H2,1-3H3,(H,38,45). The molecule has 12 heteroatoms. The van der Waals surface area contributed by atoms with Crippen molar-refractivity contribution in [2.24, 2.45) is 5.10 Å².